The van der Waals surface area contributed by atoms with Crippen molar-refractivity contribution in [3.8, 4) is 11.5 Å². The fourth-order valence-electron chi connectivity index (χ4n) is 4.12. The van der Waals surface area contributed by atoms with Crippen LogP contribution in [0, 0.1) is 0 Å². The largest absolute Gasteiger partial charge is 0.493 e. The van der Waals surface area contributed by atoms with Crippen LogP contribution in [0.2, 0.25) is 0 Å². The van der Waals surface area contributed by atoms with Crippen LogP contribution >= 0.6 is 11.8 Å². The molecule has 0 saturated carbocycles. The van der Waals surface area contributed by atoms with Crippen LogP contribution in [0.5, 0.6) is 11.5 Å². The number of nitrogens with one attached hydrogen (secondary N) is 3. The molecular formula is C34H32N4O6S. The molecule has 1 atom stereocenters. The summed E-state index contributed by atoms with van der Waals surface area (Å²) in [5.74, 6) is -0.818. The number of rotatable bonds is 12. The average molecular weight is 625 g/mol. The van der Waals surface area contributed by atoms with Crippen LogP contribution in [-0.2, 0) is 9.59 Å². The molecule has 0 fully saturated rings. The highest BCUT2D eigenvalue weighted by Gasteiger charge is 2.18. The Morgan fingerprint density at radius 2 is 1.47 bits per heavy atom. The zero-order valence-electron chi connectivity index (χ0n) is 24.8. The van der Waals surface area contributed by atoms with Crippen LogP contribution in [-0.4, -0.2) is 43.1 Å². The lowest BCUT2D eigenvalue weighted by molar-refractivity contribution is -0.115. The number of hydrogen-bond acceptors (Lipinski definition) is 7. The average Bonchev–Trinajstić information content (AvgIpc) is 3.05. The van der Waals surface area contributed by atoms with Crippen LogP contribution in [0.3, 0.4) is 0 Å². The Kier molecular flexibility index (Phi) is 11.0. The zero-order valence-corrected chi connectivity index (χ0v) is 25.6. The zero-order chi connectivity index (χ0) is 32.3. The predicted molar refractivity (Wildman–Crippen MR) is 175 cm³/mol. The highest BCUT2D eigenvalue weighted by Crippen LogP contribution is 2.29. The molecule has 0 aliphatic rings. The number of thioether (sulfide) groups is 1. The SMILES string of the molecule is COc1ccc(/C=C(/NC(=O)c2ccccc2)C(=O)Nc2cccc(SC(C)C(=O)Nc3ccc(C(N)=O)cc3)c2)cc1OC. The van der Waals surface area contributed by atoms with Crippen molar-refractivity contribution in [2.45, 2.75) is 17.1 Å². The van der Waals surface area contributed by atoms with Gasteiger partial charge in [-0.1, -0.05) is 30.3 Å². The smallest absolute Gasteiger partial charge is 0.272 e. The number of benzene rings is 4. The van der Waals surface area contributed by atoms with Crippen molar-refractivity contribution < 1.29 is 28.7 Å². The lowest BCUT2D eigenvalue weighted by Crippen LogP contribution is -2.30. The van der Waals surface area contributed by atoms with E-state index in [1.165, 1.54) is 38.1 Å². The maximum Gasteiger partial charge on any atom is 0.272 e. The molecule has 5 N–H and O–H groups in total. The second-order valence-corrected chi connectivity index (χ2v) is 11.1. The van der Waals surface area contributed by atoms with E-state index in [0.29, 0.717) is 39.6 Å². The number of carbonyl (C=O) groups is 4. The Morgan fingerprint density at radius 1 is 0.756 bits per heavy atom. The third kappa shape index (κ3) is 8.97. The molecule has 230 valence electrons. The van der Waals surface area contributed by atoms with Crippen molar-refractivity contribution in [2.75, 3.05) is 24.9 Å². The van der Waals surface area contributed by atoms with Gasteiger partial charge in [-0.05, 0) is 85.3 Å². The lowest BCUT2D eigenvalue weighted by Gasteiger charge is -2.14. The Balaban J connectivity index is 1.50. The summed E-state index contributed by atoms with van der Waals surface area (Å²) in [5, 5.41) is 7.88. The van der Waals surface area contributed by atoms with Gasteiger partial charge < -0.3 is 31.2 Å². The molecule has 0 aromatic heterocycles. The molecule has 0 saturated heterocycles. The molecule has 4 amide bonds. The number of ether oxygens (including phenoxy) is 2. The summed E-state index contributed by atoms with van der Waals surface area (Å²) in [7, 11) is 3.03. The minimum Gasteiger partial charge on any atom is -0.493 e. The molecule has 4 rings (SSSR count). The molecule has 11 heteroatoms. The molecule has 0 aliphatic heterocycles. The van der Waals surface area contributed by atoms with Gasteiger partial charge in [0.15, 0.2) is 11.5 Å². The van der Waals surface area contributed by atoms with E-state index in [4.69, 9.17) is 15.2 Å². The van der Waals surface area contributed by atoms with Gasteiger partial charge >= 0.3 is 0 Å². The Hall–Kier alpha value is -5.55. The van der Waals surface area contributed by atoms with Crippen molar-refractivity contribution in [1.82, 2.24) is 5.32 Å². The molecule has 10 nitrogen and oxygen atoms in total. The van der Waals surface area contributed by atoms with Crippen LogP contribution in [0.1, 0.15) is 33.2 Å². The van der Waals surface area contributed by atoms with E-state index < -0.39 is 23.0 Å². The Labute approximate surface area is 265 Å². The first-order valence-electron chi connectivity index (χ1n) is 13.8. The highest BCUT2D eigenvalue weighted by atomic mass is 32.2. The predicted octanol–water partition coefficient (Wildman–Crippen LogP) is 5.33. The third-order valence-corrected chi connectivity index (χ3v) is 7.55. The second-order valence-electron chi connectivity index (χ2n) is 9.67. The number of anilines is 2. The van der Waals surface area contributed by atoms with Gasteiger partial charge in [-0.2, -0.15) is 0 Å². The Morgan fingerprint density at radius 3 is 2.13 bits per heavy atom. The Bertz CT molecular complexity index is 1720. The van der Waals surface area contributed by atoms with E-state index in [1.54, 1.807) is 91.9 Å². The van der Waals surface area contributed by atoms with Crippen molar-refractivity contribution >= 4 is 52.8 Å². The van der Waals surface area contributed by atoms with E-state index >= 15 is 0 Å². The van der Waals surface area contributed by atoms with Crippen LogP contribution in [0.15, 0.2) is 108 Å². The highest BCUT2D eigenvalue weighted by molar-refractivity contribution is 8.00. The second kappa shape index (κ2) is 15.3. The van der Waals surface area contributed by atoms with E-state index in [9.17, 15) is 19.2 Å². The number of amides is 4. The minimum atomic E-state index is -0.554. The van der Waals surface area contributed by atoms with Gasteiger partial charge in [0.05, 0.1) is 19.5 Å². The first kappa shape index (κ1) is 32.4. The summed E-state index contributed by atoms with van der Waals surface area (Å²) in [6.07, 6.45) is 1.54. The number of primary amides is 1. The first-order valence-corrected chi connectivity index (χ1v) is 14.6. The van der Waals surface area contributed by atoms with Gasteiger partial charge in [-0.25, -0.2) is 0 Å². The fraction of sp³-hybridized carbons (Fsp3) is 0.118. The molecule has 0 bridgehead atoms. The number of methoxy groups -OCH3 is 2. The lowest BCUT2D eigenvalue weighted by atomic mass is 10.1. The molecule has 4 aromatic carbocycles. The van der Waals surface area contributed by atoms with Gasteiger partial charge in [0, 0.05) is 27.4 Å². The fourth-order valence-corrected chi connectivity index (χ4v) is 5.04. The van der Waals surface area contributed by atoms with E-state index in [2.05, 4.69) is 16.0 Å². The van der Waals surface area contributed by atoms with Crippen LogP contribution < -0.4 is 31.2 Å². The standard InChI is InChI=1S/C34H32N4O6S/c1-21(32(40)36-25-15-13-23(14-16-25)31(35)39)45-27-11-7-10-26(20-27)37-34(42)28(38-33(41)24-8-5-4-6-9-24)18-22-12-17-29(43-2)30(19-22)44-3/h4-21H,1-3H3,(H2,35,39)(H,36,40)(H,37,42)(H,38,41)/b28-18+. The number of nitrogens with two attached hydrogens (primary N) is 1. The van der Waals surface area contributed by atoms with Gasteiger partial charge in [0.1, 0.15) is 5.70 Å². The summed E-state index contributed by atoms with van der Waals surface area (Å²) >= 11 is 1.30. The first-order chi connectivity index (χ1) is 21.7. The summed E-state index contributed by atoms with van der Waals surface area (Å²) < 4.78 is 10.7. The molecule has 45 heavy (non-hydrogen) atoms. The maximum atomic E-state index is 13.5. The summed E-state index contributed by atoms with van der Waals surface area (Å²) in [4.78, 5) is 51.4. The van der Waals surface area contributed by atoms with Crippen LogP contribution in [0.25, 0.3) is 6.08 Å². The third-order valence-electron chi connectivity index (χ3n) is 6.46. The monoisotopic (exact) mass is 624 g/mol. The van der Waals surface area contributed by atoms with Crippen molar-refractivity contribution in [2.24, 2.45) is 5.73 Å². The maximum absolute atomic E-state index is 13.5. The molecule has 0 radical (unpaired) electrons. The van der Waals surface area contributed by atoms with Crippen molar-refractivity contribution in [3.63, 3.8) is 0 Å². The van der Waals surface area contributed by atoms with Crippen molar-refractivity contribution in [3.05, 3.63) is 119 Å². The molecule has 1 unspecified atom stereocenters. The van der Waals surface area contributed by atoms with Gasteiger partial charge in [-0.15, -0.1) is 11.8 Å². The molecule has 0 aliphatic carbocycles. The van der Waals surface area contributed by atoms with Gasteiger partial charge in [-0.3, -0.25) is 19.2 Å². The van der Waals surface area contributed by atoms with E-state index in [1.807, 2.05) is 6.07 Å². The van der Waals surface area contributed by atoms with Crippen LogP contribution in [0.4, 0.5) is 11.4 Å². The normalized spacial score (nSPS) is 11.6. The number of hydrogen-bond donors (Lipinski definition) is 4. The summed E-state index contributed by atoms with van der Waals surface area (Å²) in [5.41, 5.74) is 7.60. The van der Waals surface area contributed by atoms with Gasteiger partial charge in [0.2, 0.25) is 11.8 Å². The summed E-state index contributed by atoms with van der Waals surface area (Å²) in [6.45, 7) is 1.76. The van der Waals surface area contributed by atoms with Crippen molar-refractivity contribution in [1.29, 1.82) is 0 Å². The molecule has 0 spiro atoms. The number of carbonyl (C=O) groups excluding carboxylic acids is 4. The molecule has 4 aromatic rings. The quantitative estimate of drug-likeness (QED) is 0.123. The molecule has 0 heterocycles. The van der Waals surface area contributed by atoms with E-state index in [-0.39, 0.29) is 11.6 Å². The van der Waals surface area contributed by atoms with Gasteiger partial charge in [0.25, 0.3) is 11.8 Å². The molecular weight excluding hydrogens is 592 g/mol. The minimum absolute atomic E-state index is 0.00392. The summed E-state index contributed by atoms with van der Waals surface area (Å²) in [6, 6.07) is 27.0. The topological polar surface area (TPSA) is 149 Å². The van der Waals surface area contributed by atoms with E-state index in [0.717, 1.165) is 4.90 Å².